The number of aromatic hydroxyl groups is 1. The Balaban J connectivity index is 1.82. The van der Waals surface area contributed by atoms with Crippen molar-refractivity contribution in [3.05, 3.63) is 101 Å². The van der Waals surface area contributed by atoms with Crippen molar-refractivity contribution < 1.29 is 27.1 Å². The first-order chi connectivity index (χ1) is 14.7. The number of nitrogens with zero attached hydrogens (tertiary/aromatic N) is 2. The number of phenolic OH excluding ortho intramolecular Hbond substituents is 1. The second-order valence-electron chi connectivity index (χ2n) is 7.04. The second kappa shape index (κ2) is 7.94. The molecule has 0 spiro atoms. The van der Waals surface area contributed by atoms with E-state index in [0.29, 0.717) is 22.7 Å². The topological polar surface area (TPSA) is 46.0 Å². The minimum Gasteiger partial charge on any atom is -0.505 e. The maximum absolute atomic E-state index is 14.6. The number of aromatic nitrogens is 2. The molecule has 4 rings (SSSR count). The Morgan fingerprint density at radius 1 is 0.903 bits per heavy atom. The van der Waals surface area contributed by atoms with E-state index in [2.05, 4.69) is 9.97 Å². The normalized spacial score (nSPS) is 12.8. The molecule has 1 unspecified atom stereocenters. The van der Waals surface area contributed by atoms with Crippen molar-refractivity contribution in [2.45, 2.75) is 18.5 Å². The fourth-order valence-electron chi connectivity index (χ4n) is 3.52. The Morgan fingerprint density at radius 2 is 1.68 bits per heavy atom. The molecule has 0 saturated heterocycles. The maximum Gasteiger partial charge on any atom is 0.417 e. The molecule has 0 aliphatic rings. The average molecular weight is 430 g/mol. The van der Waals surface area contributed by atoms with Gasteiger partial charge in [-0.25, -0.2) is 8.78 Å². The highest BCUT2D eigenvalue weighted by Crippen LogP contribution is 2.38. The van der Waals surface area contributed by atoms with Crippen LogP contribution >= 0.6 is 0 Å². The zero-order valence-electron chi connectivity index (χ0n) is 15.9. The minimum absolute atomic E-state index is 0.0212. The predicted molar refractivity (Wildman–Crippen MR) is 105 cm³/mol. The molecule has 2 heterocycles. The summed E-state index contributed by atoms with van der Waals surface area (Å²) in [5.74, 6) is -2.62. The molecule has 0 saturated carbocycles. The summed E-state index contributed by atoms with van der Waals surface area (Å²) >= 11 is 0. The lowest BCUT2D eigenvalue weighted by Crippen LogP contribution is -2.11. The maximum atomic E-state index is 14.6. The van der Waals surface area contributed by atoms with Crippen LogP contribution in [0.15, 0.2) is 67.0 Å². The van der Waals surface area contributed by atoms with Crippen LogP contribution < -0.4 is 0 Å². The third kappa shape index (κ3) is 4.19. The highest BCUT2D eigenvalue weighted by molar-refractivity contribution is 5.85. The van der Waals surface area contributed by atoms with Crippen LogP contribution in [0, 0.1) is 11.6 Å². The molecule has 0 amide bonds. The van der Waals surface area contributed by atoms with Gasteiger partial charge in [0.2, 0.25) is 0 Å². The number of benzene rings is 2. The molecule has 2 aromatic carbocycles. The summed E-state index contributed by atoms with van der Waals surface area (Å²) in [5.41, 5.74) is 0.0285. The van der Waals surface area contributed by atoms with Crippen molar-refractivity contribution in [2.75, 3.05) is 0 Å². The number of halogens is 5. The van der Waals surface area contributed by atoms with Crippen molar-refractivity contribution in [3.8, 4) is 5.75 Å². The number of rotatable bonds is 4. The Bertz CT molecular complexity index is 1240. The van der Waals surface area contributed by atoms with E-state index in [0.717, 1.165) is 18.2 Å². The van der Waals surface area contributed by atoms with Gasteiger partial charge in [0, 0.05) is 47.4 Å². The van der Waals surface area contributed by atoms with Gasteiger partial charge in [0.15, 0.2) is 0 Å². The van der Waals surface area contributed by atoms with E-state index >= 15 is 0 Å². The van der Waals surface area contributed by atoms with E-state index in [1.165, 1.54) is 18.3 Å². The fraction of sp³-hybridized carbons (Fsp3) is 0.130. The average Bonchev–Trinajstić information content (AvgIpc) is 2.73. The standard InChI is InChI=1S/C23H15F5N2O/c24-15-5-8-17(20(25)10-15)19(11-16-6-4-14(12-30-16)23(26,27)28)18-7-3-13-2-1-9-29-21(13)22(18)31/h1-10,12,19,31H,11H2. The van der Waals surface area contributed by atoms with Crippen molar-refractivity contribution in [2.24, 2.45) is 0 Å². The van der Waals surface area contributed by atoms with Gasteiger partial charge in [0.25, 0.3) is 0 Å². The number of phenols is 1. The predicted octanol–water partition coefficient (Wildman–Crippen LogP) is 6.01. The van der Waals surface area contributed by atoms with Crippen molar-refractivity contribution >= 4 is 10.9 Å². The van der Waals surface area contributed by atoms with Gasteiger partial charge < -0.3 is 5.11 Å². The van der Waals surface area contributed by atoms with Gasteiger partial charge >= 0.3 is 6.18 Å². The Hall–Kier alpha value is -3.55. The lowest BCUT2D eigenvalue weighted by molar-refractivity contribution is -0.137. The highest BCUT2D eigenvalue weighted by atomic mass is 19.4. The molecule has 31 heavy (non-hydrogen) atoms. The van der Waals surface area contributed by atoms with Crippen LogP contribution in [-0.2, 0) is 12.6 Å². The van der Waals surface area contributed by atoms with Crippen molar-refractivity contribution in [1.29, 1.82) is 0 Å². The fourth-order valence-corrected chi connectivity index (χ4v) is 3.52. The zero-order valence-corrected chi connectivity index (χ0v) is 15.9. The molecule has 0 radical (unpaired) electrons. The van der Waals surface area contributed by atoms with Gasteiger partial charge in [-0.1, -0.05) is 24.3 Å². The summed E-state index contributed by atoms with van der Waals surface area (Å²) < 4.78 is 66.6. The van der Waals surface area contributed by atoms with Gasteiger partial charge in [-0.05, 0) is 29.8 Å². The lowest BCUT2D eigenvalue weighted by Gasteiger charge is -2.20. The molecule has 158 valence electrons. The van der Waals surface area contributed by atoms with E-state index in [4.69, 9.17) is 0 Å². The van der Waals surface area contributed by atoms with Crippen LogP contribution in [0.1, 0.15) is 28.3 Å². The number of alkyl halides is 3. The largest absolute Gasteiger partial charge is 0.505 e. The third-order valence-corrected chi connectivity index (χ3v) is 5.06. The minimum atomic E-state index is -4.53. The van der Waals surface area contributed by atoms with Crippen LogP contribution in [0.25, 0.3) is 10.9 Å². The quantitative estimate of drug-likeness (QED) is 0.404. The Morgan fingerprint density at radius 3 is 2.35 bits per heavy atom. The van der Waals surface area contributed by atoms with E-state index < -0.39 is 29.3 Å². The van der Waals surface area contributed by atoms with Gasteiger partial charge in [-0.3, -0.25) is 9.97 Å². The van der Waals surface area contributed by atoms with Gasteiger partial charge in [-0.2, -0.15) is 13.2 Å². The molecule has 4 aromatic rings. The van der Waals surface area contributed by atoms with Crippen LogP contribution in [0.5, 0.6) is 5.75 Å². The highest BCUT2D eigenvalue weighted by Gasteiger charge is 2.31. The van der Waals surface area contributed by atoms with E-state index in [9.17, 15) is 27.1 Å². The summed E-state index contributed by atoms with van der Waals surface area (Å²) in [6.07, 6.45) is -2.35. The molecule has 3 nitrogen and oxygen atoms in total. The molecule has 0 fully saturated rings. The van der Waals surface area contributed by atoms with Crippen LogP contribution in [-0.4, -0.2) is 15.1 Å². The Labute approximate surface area is 173 Å². The number of fused-ring (bicyclic) bond motifs is 1. The van der Waals surface area contributed by atoms with Gasteiger partial charge in [0.1, 0.15) is 22.9 Å². The zero-order chi connectivity index (χ0) is 22.2. The number of hydrogen-bond donors (Lipinski definition) is 1. The summed E-state index contributed by atoms with van der Waals surface area (Å²) in [7, 11) is 0. The Kier molecular flexibility index (Phi) is 5.31. The van der Waals surface area contributed by atoms with Gasteiger partial charge in [0.05, 0.1) is 5.56 Å². The summed E-state index contributed by atoms with van der Waals surface area (Å²) in [5, 5.41) is 11.5. The lowest BCUT2D eigenvalue weighted by atomic mass is 9.85. The van der Waals surface area contributed by atoms with E-state index in [1.54, 1.807) is 24.3 Å². The smallest absolute Gasteiger partial charge is 0.417 e. The second-order valence-corrected chi connectivity index (χ2v) is 7.04. The first kappa shape index (κ1) is 20.7. The van der Waals surface area contributed by atoms with E-state index in [1.807, 2.05) is 0 Å². The molecular formula is C23H15F5N2O. The molecule has 2 aromatic heterocycles. The van der Waals surface area contributed by atoms with Crippen molar-refractivity contribution in [1.82, 2.24) is 9.97 Å². The first-order valence-corrected chi connectivity index (χ1v) is 9.27. The number of hydrogen-bond acceptors (Lipinski definition) is 3. The van der Waals surface area contributed by atoms with Crippen LogP contribution in [0.4, 0.5) is 22.0 Å². The SMILES string of the molecule is Oc1c(C(Cc2ccc(C(F)(F)F)cn2)c2ccc(F)cc2F)ccc2cccnc12. The molecule has 0 aliphatic heterocycles. The van der Waals surface area contributed by atoms with E-state index in [-0.39, 0.29) is 23.4 Å². The molecule has 0 bridgehead atoms. The first-order valence-electron chi connectivity index (χ1n) is 9.27. The van der Waals surface area contributed by atoms with Crippen molar-refractivity contribution in [3.63, 3.8) is 0 Å². The molecule has 0 aliphatic carbocycles. The molecule has 8 heteroatoms. The summed E-state index contributed by atoms with van der Waals surface area (Å²) in [4.78, 5) is 8.02. The van der Waals surface area contributed by atoms with Crippen LogP contribution in [0.3, 0.4) is 0 Å². The summed E-state index contributed by atoms with van der Waals surface area (Å²) in [6.45, 7) is 0. The van der Waals surface area contributed by atoms with Crippen LogP contribution in [0.2, 0.25) is 0 Å². The number of pyridine rings is 2. The summed E-state index contributed by atoms with van der Waals surface area (Å²) in [6, 6.07) is 11.9. The van der Waals surface area contributed by atoms with Gasteiger partial charge in [-0.15, -0.1) is 0 Å². The third-order valence-electron chi connectivity index (χ3n) is 5.06. The molecule has 1 N–H and O–H groups in total. The molecule has 1 atom stereocenters. The molecular weight excluding hydrogens is 415 g/mol. The monoisotopic (exact) mass is 430 g/mol.